The fraction of sp³-hybridized carbons (Fsp3) is 0.480. The average molecular weight is 499 g/mol. The lowest BCUT2D eigenvalue weighted by atomic mass is 9.82. The van der Waals surface area contributed by atoms with Gasteiger partial charge in [0, 0.05) is 68.9 Å². The zero-order valence-electron chi connectivity index (χ0n) is 19.7. The third-order valence-corrected chi connectivity index (χ3v) is 9.32. The number of benzene rings is 1. The molecule has 35 heavy (non-hydrogen) atoms. The first-order valence-electron chi connectivity index (χ1n) is 12.1. The smallest absolute Gasteiger partial charge is 0.250 e. The van der Waals surface area contributed by atoms with E-state index in [1.165, 1.54) is 23.4 Å². The molecule has 2 bridgehead atoms. The van der Waals surface area contributed by atoms with Crippen LogP contribution in [-0.4, -0.2) is 60.2 Å². The minimum Gasteiger partial charge on any atom is -0.341 e. The average Bonchev–Trinajstić information content (AvgIpc) is 2.84. The number of carbonyl (C=O) groups excluding carboxylic acids is 2. The predicted molar refractivity (Wildman–Crippen MR) is 130 cm³/mol. The highest BCUT2D eigenvalue weighted by Crippen LogP contribution is 2.36. The van der Waals surface area contributed by atoms with E-state index in [0.717, 1.165) is 12.1 Å². The van der Waals surface area contributed by atoms with Gasteiger partial charge in [-0.05, 0) is 55.5 Å². The van der Waals surface area contributed by atoms with Crippen LogP contribution < -0.4 is 10.9 Å². The van der Waals surface area contributed by atoms with Gasteiger partial charge < -0.3 is 14.8 Å². The molecular weight excluding hydrogens is 468 g/mol. The van der Waals surface area contributed by atoms with Crippen molar-refractivity contribution in [2.75, 3.05) is 31.5 Å². The number of hydrogen-bond donors (Lipinski definition) is 1. The lowest BCUT2D eigenvalue weighted by Crippen LogP contribution is -2.52. The SMILES string of the molecule is CC(=O)Nc1ccc(S(=O)(=O)N2CCC(C(=O)N3CC4C[C@@H](C3)Cn3c4cccc3=O)CC2)cc1. The van der Waals surface area contributed by atoms with E-state index < -0.39 is 10.0 Å². The molecule has 4 heterocycles. The maximum Gasteiger partial charge on any atom is 0.250 e. The second-order valence-corrected chi connectivity index (χ2v) is 11.8. The molecule has 1 unspecified atom stereocenters. The van der Waals surface area contributed by atoms with Crippen LogP contribution in [0.2, 0.25) is 0 Å². The van der Waals surface area contributed by atoms with Gasteiger partial charge in [-0.15, -0.1) is 0 Å². The summed E-state index contributed by atoms with van der Waals surface area (Å²) in [6.07, 6.45) is 1.97. The molecule has 2 fully saturated rings. The van der Waals surface area contributed by atoms with Crippen molar-refractivity contribution in [3.8, 4) is 0 Å². The first kappa shape index (κ1) is 23.7. The van der Waals surface area contributed by atoms with E-state index in [9.17, 15) is 22.8 Å². The third kappa shape index (κ3) is 4.64. The van der Waals surface area contributed by atoms with E-state index in [-0.39, 0.29) is 40.0 Å². The number of rotatable bonds is 4. The maximum absolute atomic E-state index is 13.4. The second-order valence-electron chi connectivity index (χ2n) is 9.83. The highest BCUT2D eigenvalue weighted by Gasteiger charge is 2.39. The molecule has 2 atom stereocenters. The van der Waals surface area contributed by atoms with Gasteiger partial charge in [-0.3, -0.25) is 14.4 Å². The largest absolute Gasteiger partial charge is 0.341 e. The third-order valence-electron chi connectivity index (χ3n) is 7.41. The zero-order chi connectivity index (χ0) is 24.7. The highest BCUT2D eigenvalue weighted by molar-refractivity contribution is 7.89. The van der Waals surface area contributed by atoms with Crippen molar-refractivity contribution >= 4 is 27.5 Å². The van der Waals surface area contributed by atoms with Crippen LogP contribution in [0.5, 0.6) is 0 Å². The number of pyridine rings is 1. The number of anilines is 1. The van der Waals surface area contributed by atoms with E-state index in [1.807, 2.05) is 15.5 Å². The number of piperidine rings is 2. The lowest BCUT2D eigenvalue weighted by molar-refractivity contribution is -0.139. The Morgan fingerprint density at radius 3 is 2.37 bits per heavy atom. The molecule has 1 aromatic heterocycles. The van der Waals surface area contributed by atoms with Crippen LogP contribution in [-0.2, 0) is 26.2 Å². The Balaban J connectivity index is 1.22. The Hall–Kier alpha value is -2.98. The van der Waals surface area contributed by atoms with Gasteiger partial charge in [0.25, 0.3) is 5.56 Å². The van der Waals surface area contributed by atoms with Crippen LogP contribution in [0, 0.1) is 11.8 Å². The van der Waals surface area contributed by atoms with Gasteiger partial charge in [-0.2, -0.15) is 4.31 Å². The topological polar surface area (TPSA) is 109 Å². The summed E-state index contributed by atoms with van der Waals surface area (Å²) in [7, 11) is -3.67. The van der Waals surface area contributed by atoms with Gasteiger partial charge in [0.1, 0.15) is 0 Å². The minimum atomic E-state index is -3.67. The minimum absolute atomic E-state index is 0.0234. The van der Waals surface area contributed by atoms with Crippen LogP contribution in [0.4, 0.5) is 5.69 Å². The number of nitrogens with zero attached hydrogens (tertiary/aromatic N) is 3. The van der Waals surface area contributed by atoms with Crippen LogP contribution >= 0.6 is 0 Å². The summed E-state index contributed by atoms with van der Waals surface area (Å²) in [5.41, 5.74) is 1.58. The monoisotopic (exact) mass is 498 g/mol. The Morgan fingerprint density at radius 2 is 1.69 bits per heavy atom. The number of carbonyl (C=O) groups is 2. The Morgan fingerprint density at radius 1 is 0.971 bits per heavy atom. The summed E-state index contributed by atoms with van der Waals surface area (Å²) >= 11 is 0. The predicted octanol–water partition coefficient (Wildman–Crippen LogP) is 1.85. The Bertz CT molecular complexity index is 1300. The summed E-state index contributed by atoms with van der Waals surface area (Å²) in [4.78, 5) is 38.9. The Kier molecular flexibility index (Phi) is 6.27. The van der Waals surface area contributed by atoms with Crippen molar-refractivity contribution in [1.29, 1.82) is 0 Å². The normalized spacial score (nSPS) is 22.9. The first-order valence-corrected chi connectivity index (χ1v) is 13.5. The number of aromatic nitrogens is 1. The molecule has 1 N–H and O–H groups in total. The highest BCUT2D eigenvalue weighted by atomic mass is 32.2. The quantitative estimate of drug-likeness (QED) is 0.692. The van der Waals surface area contributed by atoms with E-state index in [1.54, 1.807) is 24.3 Å². The Labute approximate surface area is 204 Å². The van der Waals surface area contributed by atoms with Gasteiger partial charge in [-0.25, -0.2) is 8.42 Å². The van der Waals surface area contributed by atoms with Crippen molar-refractivity contribution in [3.63, 3.8) is 0 Å². The fourth-order valence-electron chi connectivity index (χ4n) is 5.74. The van der Waals surface area contributed by atoms with Crippen molar-refractivity contribution in [2.45, 2.75) is 43.5 Å². The molecule has 9 nitrogen and oxygen atoms in total. The standard InChI is InChI=1S/C25H30N4O5S/c1-17(30)26-21-5-7-22(8-6-21)35(33,34)28-11-9-19(10-12-28)25(32)27-14-18-13-20(16-27)23-3-2-4-24(31)29(23)15-18/h2-8,18-20H,9-16H2,1H3,(H,26,30)/t18-,20?/m0/s1. The summed E-state index contributed by atoms with van der Waals surface area (Å²) in [6.45, 7) is 3.89. The summed E-state index contributed by atoms with van der Waals surface area (Å²) < 4.78 is 29.5. The molecule has 186 valence electrons. The zero-order valence-corrected chi connectivity index (χ0v) is 20.5. The van der Waals surface area contributed by atoms with Crippen molar-refractivity contribution < 1.29 is 18.0 Å². The lowest BCUT2D eigenvalue weighted by Gasteiger charge is -2.44. The van der Waals surface area contributed by atoms with Gasteiger partial charge in [0.2, 0.25) is 21.8 Å². The van der Waals surface area contributed by atoms with Gasteiger partial charge in [-0.1, -0.05) is 6.07 Å². The van der Waals surface area contributed by atoms with Crippen molar-refractivity contribution in [1.82, 2.24) is 13.8 Å². The van der Waals surface area contributed by atoms with Crippen LogP contribution in [0.3, 0.4) is 0 Å². The van der Waals surface area contributed by atoms with Crippen LogP contribution in [0.15, 0.2) is 52.2 Å². The van der Waals surface area contributed by atoms with E-state index in [4.69, 9.17) is 0 Å². The van der Waals surface area contributed by atoms with Crippen molar-refractivity contribution in [2.24, 2.45) is 11.8 Å². The molecule has 0 saturated carbocycles. The molecule has 3 aliphatic rings. The molecule has 1 aromatic carbocycles. The molecule has 5 rings (SSSR count). The first-order chi connectivity index (χ1) is 16.7. The molecule has 2 saturated heterocycles. The molecule has 0 aliphatic carbocycles. The molecule has 3 aliphatic heterocycles. The molecule has 0 spiro atoms. The van der Waals surface area contributed by atoms with Crippen LogP contribution in [0.25, 0.3) is 0 Å². The number of hydrogen-bond acceptors (Lipinski definition) is 5. The summed E-state index contributed by atoms with van der Waals surface area (Å²) in [5, 5.41) is 2.63. The van der Waals surface area contributed by atoms with Gasteiger partial charge in [0.15, 0.2) is 0 Å². The van der Waals surface area contributed by atoms with Crippen LogP contribution in [0.1, 0.15) is 37.8 Å². The molecule has 2 aromatic rings. The number of sulfonamides is 1. The number of nitrogens with one attached hydrogen (secondary N) is 1. The van der Waals surface area contributed by atoms with E-state index in [2.05, 4.69) is 5.32 Å². The summed E-state index contributed by atoms with van der Waals surface area (Å²) in [5.74, 6) is 0.124. The number of amides is 2. The van der Waals surface area contributed by atoms with E-state index in [0.29, 0.717) is 51.3 Å². The molecule has 10 heteroatoms. The summed E-state index contributed by atoms with van der Waals surface area (Å²) in [6, 6.07) is 11.5. The number of fused-ring (bicyclic) bond motifs is 4. The second kappa shape index (κ2) is 9.23. The van der Waals surface area contributed by atoms with E-state index >= 15 is 0 Å². The number of likely N-dealkylation sites (tertiary alicyclic amines) is 1. The van der Waals surface area contributed by atoms with Gasteiger partial charge >= 0.3 is 0 Å². The molecule has 0 radical (unpaired) electrons. The van der Waals surface area contributed by atoms with Gasteiger partial charge in [0.05, 0.1) is 4.90 Å². The fourth-order valence-corrected chi connectivity index (χ4v) is 7.21. The molecule has 2 amide bonds. The molecular formula is C25H30N4O5S. The maximum atomic E-state index is 13.4. The van der Waals surface area contributed by atoms with Crippen molar-refractivity contribution in [3.05, 3.63) is 58.5 Å².